The highest BCUT2D eigenvalue weighted by atomic mass is 16.6. The average Bonchev–Trinajstić information content (AvgIpc) is 2.72. The number of rotatable bonds is 9. The van der Waals surface area contributed by atoms with Gasteiger partial charge in [0.05, 0.1) is 29.8 Å². The summed E-state index contributed by atoms with van der Waals surface area (Å²) in [7, 11) is 5.01. The van der Waals surface area contributed by atoms with Gasteiger partial charge in [-0.05, 0) is 58.1 Å². The third-order valence-corrected chi connectivity index (χ3v) is 4.70. The van der Waals surface area contributed by atoms with Gasteiger partial charge in [-0.15, -0.1) is 0 Å². The normalized spacial score (nSPS) is 10.7. The van der Waals surface area contributed by atoms with Crippen LogP contribution in [0.1, 0.15) is 39.1 Å². The topological polar surface area (TPSA) is 119 Å². The Kier molecular flexibility index (Phi) is 8.09. The average molecular weight is 430 g/mol. The second-order valence-corrected chi connectivity index (χ2v) is 7.25. The number of nitrogens with zero attached hydrogens (tertiary/aromatic N) is 2. The third-order valence-electron chi connectivity index (χ3n) is 4.70. The predicted octanol–water partition coefficient (Wildman–Crippen LogP) is 3.56. The van der Waals surface area contributed by atoms with Crippen LogP contribution < -0.4 is 0 Å². The lowest BCUT2D eigenvalue weighted by Gasteiger charge is -2.17. The number of methoxy groups -OCH3 is 1. The smallest absolute Gasteiger partial charge is 0.342 e. The molecule has 0 saturated carbocycles. The Morgan fingerprint density at radius 2 is 1.81 bits per heavy atom. The van der Waals surface area contributed by atoms with E-state index in [9.17, 15) is 24.8 Å². The van der Waals surface area contributed by atoms with Crippen molar-refractivity contribution in [3.63, 3.8) is 0 Å². The fraction of sp³-hybridized carbons (Fsp3) is 0.364. The highest BCUT2D eigenvalue weighted by Crippen LogP contribution is 2.40. The summed E-state index contributed by atoms with van der Waals surface area (Å²) in [6, 6.07) is 6.92. The zero-order chi connectivity index (χ0) is 23.1. The van der Waals surface area contributed by atoms with Gasteiger partial charge in [-0.1, -0.05) is 12.1 Å². The second kappa shape index (κ2) is 10.5. The van der Waals surface area contributed by atoms with E-state index >= 15 is 0 Å². The van der Waals surface area contributed by atoms with E-state index in [-0.39, 0.29) is 34.5 Å². The maximum Gasteiger partial charge on any atom is 0.342 e. The molecule has 0 aliphatic rings. The number of hydrogen-bond donors (Lipinski definition) is 1. The van der Waals surface area contributed by atoms with Crippen LogP contribution in [0.4, 0.5) is 5.69 Å². The summed E-state index contributed by atoms with van der Waals surface area (Å²) in [6.45, 7) is 2.54. The minimum atomic E-state index is -0.925. The van der Waals surface area contributed by atoms with E-state index in [4.69, 9.17) is 9.47 Å². The SMILES string of the molecule is COC(=O)c1c(O)cc(C)c(C(=O)OCCCCN(C)C)c1-c1ccccc1[N+](=O)[O-]. The van der Waals surface area contributed by atoms with Crippen LogP contribution in [0.2, 0.25) is 0 Å². The summed E-state index contributed by atoms with van der Waals surface area (Å²) in [5.74, 6) is -2.11. The summed E-state index contributed by atoms with van der Waals surface area (Å²) in [5.41, 5.74) is -0.447. The quantitative estimate of drug-likeness (QED) is 0.278. The molecule has 0 bridgehead atoms. The zero-order valence-corrected chi connectivity index (χ0v) is 18.0. The van der Waals surface area contributed by atoms with Crippen LogP contribution in [0.25, 0.3) is 11.1 Å². The van der Waals surface area contributed by atoms with E-state index < -0.39 is 22.6 Å². The van der Waals surface area contributed by atoms with Gasteiger partial charge in [-0.25, -0.2) is 9.59 Å². The first-order chi connectivity index (χ1) is 14.7. The van der Waals surface area contributed by atoms with Crippen molar-refractivity contribution in [3.8, 4) is 16.9 Å². The van der Waals surface area contributed by atoms with Gasteiger partial charge >= 0.3 is 11.9 Å². The van der Waals surface area contributed by atoms with Gasteiger partial charge in [0.15, 0.2) is 0 Å². The van der Waals surface area contributed by atoms with Gasteiger partial charge in [0.25, 0.3) is 5.69 Å². The van der Waals surface area contributed by atoms with Gasteiger partial charge in [0, 0.05) is 11.6 Å². The van der Waals surface area contributed by atoms with Crippen molar-refractivity contribution in [1.29, 1.82) is 0 Å². The first-order valence-corrected chi connectivity index (χ1v) is 9.69. The molecule has 1 N–H and O–H groups in total. The number of benzene rings is 2. The molecule has 0 heterocycles. The van der Waals surface area contributed by atoms with Crippen LogP contribution in [-0.4, -0.2) is 61.2 Å². The Balaban J connectivity index is 2.60. The first-order valence-electron chi connectivity index (χ1n) is 9.69. The van der Waals surface area contributed by atoms with Crippen molar-refractivity contribution >= 4 is 17.6 Å². The molecule has 2 aromatic carbocycles. The molecular formula is C22H26N2O7. The number of phenolic OH excluding ortho intramolecular Hbond substituents is 1. The predicted molar refractivity (Wildman–Crippen MR) is 114 cm³/mol. The summed E-state index contributed by atoms with van der Waals surface area (Å²) in [5, 5.41) is 22.0. The lowest BCUT2D eigenvalue weighted by Crippen LogP contribution is -2.16. The van der Waals surface area contributed by atoms with Crippen LogP contribution in [0.5, 0.6) is 5.75 Å². The van der Waals surface area contributed by atoms with Crippen LogP contribution in [0, 0.1) is 17.0 Å². The van der Waals surface area contributed by atoms with Crippen molar-refractivity contribution in [2.75, 3.05) is 34.4 Å². The lowest BCUT2D eigenvalue weighted by atomic mass is 9.89. The molecule has 0 saturated heterocycles. The lowest BCUT2D eigenvalue weighted by molar-refractivity contribution is -0.384. The van der Waals surface area contributed by atoms with Crippen LogP contribution in [0.3, 0.4) is 0 Å². The van der Waals surface area contributed by atoms with E-state index in [2.05, 4.69) is 0 Å². The maximum atomic E-state index is 13.0. The number of ether oxygens (including phenoxy) is 2. The number of phenols is 1. The molecule has 31 heavy (non-hydrogen) atoms. The Morgan fingerprint density at radius 1 is 1.13 bits per heavy atom. The minimum absolute atomic E-state index is 0.00598. The number of nitro benzene ring substituents is 1. The van der Waals surface area contributed by atoms with Gasteiger partial charge < -0.3 is 19.5 Å². The van der Waals surface area contributed by atoms with Gasteiger partial charge in [0.1, 0.15) is 11.3 Å². The number of nitro groups is 1. The largest absolute Gasteiger partial charge is 0.507 e. The van der Waals surface area contributed by atoms with Crippen LogP contribution >= 0.6 is 0 Å². The molecule has 0 fully saturated rings. The number of hydrogen-bond acceptors (Lipinski definition) is 8. The Hall–Kier alpha value is -3.46. The molecule has 2 rings (SSSR count). The van der Waals surface area contributed by atoms with E-state index in [0.717, 1.165) is 20.1 Å². The second-order valence-electron chi connectivity index (χ2n) is 7.25. The highest BCUT2D eigenvalue weighted by Gasteiger charge is 2.31. The van der Waals surface area contributed by atoms with Crippen LogP contribution in [0.15, 0.2) is 30.3 Å². The molecule has 166 valence electrons. The summed E-state index contributed by atoms with van der Waals surface area (Å²) >= 11 is 0. The van der Waals surface area contributed by atoms with E-state index in [1.54, 1.807) is 13.0 Å². The summed E-state index contributed by atoms with van der Waals surface area (Å²) in [6.07, 6.45) is 1.45. The van der Waals surface area contributed by atoms with E-state index in [1.807, 2.05) is 19.0 Å². The van der Waals surface area contributed by atoms with E-state index in [0.29, 0.717) is 12.0 Å². The molecular weight excluding hydrogens is 404 g/mol. The third kappa shape index (κ3) is 5.58. The van der Waals surface area contributed by atoms with Crippen LogP contribution in [-0.2, 0) is 9.47 Å². The van der Waals surface area contributed by atoms with Crippen molar-refractivity contribution < 1.29 is 29.1 Å². The standard InChI is InChI=1S/C22H26N2O7/c1-14-13-17(25)20(21(26)30-4)19(15-9-5-6-10-16(15)24(28)29)18(14)22(27)31-12-8-7-11-23(2)3/h5-6,9-10,13,25H,7-8,11-12H2,1-4H3. The number of carbonyl (C=O) groups is 2. The van der Waals surface area contributed by atoms with Crippen molar-refractivity contribution in [2.45, 2.75) is 19.8 Å². The van der Waals surface area contributed by atoms with E-state index in [1.165, 1.54) is 24.3 Å². The number of carbonyl (C=O) groups excluding carboxylic acids is 2. The van der Waals surface area contributed by atoms with Gasteiger partial charge in [-0.2, -0.15) is 0 Å². The summed E-state index contributed by atoms with van der Waals surface area (Å²) in [4.78, 5) is 38.4. The van der Waals surface area contributed by atoms with Gasteiger partial charge in [0.2, 0.25) is 0 Å². The van der Waals surface area contributed by atoms with Gasteiger partial charge in [-0.3, -0.25) is 10.1 Å². The Morgan fingerprint density at radius 3 is 2.42 bits per heavy atom. The molecule has 0 atom stereocenters. The number of aryl methyl sites for hydroxylation is 1. The number of esters is 2. The molecule has 9 nitrogen and oxygen atoms in total. The molecule has 0 amide bonds. The minimum Gasteiger partial charge on any atom is -0.507 e. The fourth-order valence-corrected chi connectivity index (χ4v) is 3.25. The molecule has 0 radical (unpaired) electrons. The molecule has 0 spiro atoms. The highest BCUT2D eigenvalue weighted by molar-refractivity contribution is 6.09. The van der Waals surface area contributed by atoms with Crippen molar-refractivity contribution in [1.82, 2.24) is 4.90 Å². The number of unbranched alkanes of at least 4 members (excludes halogenated alkanes) is 1. The molecule has 0 aliphatic heterocycles. The maximum absolute atomic E-state index is 13.0. The molecule has 0 unspecified atom stereocenters. The Labute approximate surface area is 180 Å². The molecule has 2 aromatic rings. The molecule has 0 aliphatic carbocycles. The van der Waals surface area contributed by atoms with Crippen molar-refractivity contribution in [2.24, 2.45) is 0 Å². The zero-order valence-electron chi connectivity index (χ0n) is 18.0. The number of para-hydroxylation sites is 1. The first kappa shape index (κ1) is 23.8. The monoisotopic (exact) mass is 430 g/mol. The Bertz CT molecular complexity index is 986. The number of aromatic hydroxyl groups is 1. The molecule has 9 heteroatoms. The fourth-order valence-electron chi connectivity index (χ4n) is 3.25. The molecule has 0 aromatic heterocycles. The summed E-state index contributed by atoms with van der Waals surface area (Å²) < 4.78 is 10.2. The van der Waals surface area contributed by atoms with Crippen molar-refractivity contribution in [3.05, 3.63) is 57.1 Å².